The molecular formula is C21H22N2O6S2. The molecule has 1 N–H and O–H groups in total. The lowest BCUT2D eigenvalue weighted by molar-refractivity contribution is -0.114. The molecule has 0 saturated carbocycles. The summed E-state index contributed by atoms with van der Waals surface area (Å²) in [6.07, 6.45) is 0. The molecule has 0 aliphatic carbocycles. The lowest BCUT2D eigenvalue weighted by atomic mass is 10.2. The summed E-state index contributed by atoms with van der Waals surface area (Å²) in [7, 11) is 0.413. The van der Waals surface area contributed by atoms with E-state index in [-0.39, 0.29) is 9.90 Å². The summed E-state index contributed by atoms with van der Waals surface area (Å²) < 4.78 is 43.6. The maximum atomic E-state index is 13.3. The van der Waals surface area contributed by atoms with E-state index in [2.05, 4.69) is 5.32 Å². The number of hydrogen-bond acceptors (Lipinski definition) is 7. The molecule has 164 valence electrons. The number of para-hydroxylation sites is 2. The van der Waals surface area contributed by atoms with Crippen LogP contribution in [0, 0.1) is 0 Å². The van der Waals surface area contributed by atoms with E-state index >= 15 is 0 Å². The predicted molar refractivity (Wildman–Crippen MR) is 120 cm³/mol. The molecule has 1 amide bonds. The van der Waals surface area contributed by atoms with Crippen LogP contribution in [0.2, 0.25) is 0 Å². The minimum absolute atomic E-state index is 0.116. The molecule has 1 aromatic heterocycles. The number of nitrogens with one attached hydrogen (secondary N) is 1. The van der Waals surface area contributed by atoms with Crippen LogP contribution in [0.1, 0.15) is 0 Å². The molecule has 0 fully saturated rings. The number of thiophene rings is 1. The first kappa shape index (κ1) is 22.4. The van der Waals surface area contributed by atoms with Gasteiger partial charge in [-0.1, -0.05) is 18.2 Å². The van der Waals surface area contributed by atoms with Crippen LogP contribution in [0.15, 0.2) is 64.2 Å². The van der Waals surface area contributed by atoms with Gasteiger partial charge in [-0.15, -0.1) is 11.3 Å². The second-order valence-electron chi connectivity index (χ2n) is 6.23. The summed E-state index contributed by atoms with van der Waals surface area (Å²) in [5.41, 5.74) is 0.617. The van der Waals surface area contributed by atoms with Crippen molar-refractivity contribution in [3.8, 4) is 17.2 Å². The minimum Gasteiger partial charge on any atom is -0.497 e. The van der Waals surface area contributed by atoms with E-state index in [0.29, 0.717) is 22.9 Å². The second-order valence-corrected chi connectivity index (χ2v) is 9.27. The number of nitrogens with zero attached hydrogens (tertiary/aromatic N) is 1. The number of methoxy groups -OCH3 is 3. The third-order valence-electron chi connectivity index (χ3n) is 4.36. The van der Waals surface area contributed by atoms with Crippen molar-refractivity contribution in [3.63, 3.8) is 0 Å². The van der Waals surface area contributed by atoms with Crippen molar-refractivity contribution in [2.45, 2.75) is 4.21 Å². The zero-order valence-corrected chi connectivity index (χ0v) is 18.8. The smallest absolute Gasteiger partial charge is 0.274 e. The molecule has 0 unspecified atom stereocenters. The van der Waals surface area contributed by atoms with Gasteiger partial charge in [0, 0.05) is 6.07 Å². The Bertz CT molecular complexity index is 1150. The number of amides is 1. The van der Waals surface area contributed by atoms with Crippen LogP contribution in [0.5, 0.6) is 17.2 Å². The molecule has 0 atom stereocenters. The monoisotopic (exact) mass is 462 g/mol. The SMILES string of the molecule is COc1ccc(OC)c(NC(=O)CN(c2ccccc2OC)S(=O)(=O)c2cccs2)c1. The summed E-state index contributed by atoms with van der Waals surface area (Å²) in [5.74, 6) is 0.704. The number of ether oxygens (including phenoxy) is 3. The second kappa shape index (κ2) is 9.71. The molecule has 2 aromatic carbocycles. The first-order valence-corrected chi connectivity index (χ1v) is 11.4. The fourth-order valence-electron chi connectivity index (χ4n) is 2.89. The van der Waals surface area contributed by atoms with Gasteiger partial charge in [0.1, 0.15) is 28.0 Å². The van der Waals surface area contributed by atoms with Crippen LogP contribution in [-0.4, -0.2) is 42.2 Å². The molecule has 0 saturated heterocycles. The van der Waals surface area contributed by atoms with Gasteiger partial charge in [0.2, 0.25) is 5.91 Å². The predicted octanol–water partition coefficient (Wildman–Crippen LogP) is 3.61. The van der Waals surface area contributed by atoms with E-state index in [1.807, 2.05) is 0 Å². The topological polar surface area (TPSA) is 94.2 Å². The number of rotatable bonds is 9. The minimum atomic E-state index is -4.00. The lowest BCUT2D eigenvalue weighted by Crippen LogP contribution is -2.38. The van der Waals surface area contributed by atoms with E-state index in [1.54, 1.807) is 53.9 Å². The Labute approximate surface area is 185 Å². The van der Waals surface area contributed by atoms with Gasteiger partial charge in [-0.05, 0) is 35.7 Å². The van der Waals surface area contributed by atoms with Crippen molar-refractivity contribution < 1.29 is 27.4 Å². The van der Waals surface area contributed by atoms with Crippen molar-refractivity contribution in [2.75, 3.05) is 37.5 Å². The molecule has 0 bridgehead atoms. The highest BCUT2D eigenvalue weighted by atomic mass is 32.2. The third-order valence-corrected chi connectivity index (χ3v) is 7.49. The fraction of sp³-hybridized carbons (Fsp3) is 0.190. The maximum Gasteiger partial charge on any atom is 0.274 e. The third kappa shape index (κ3) is 4.92. The Kier molecular flexibility index (Phi) is 7.03. The molecule has 3 aromatic rings. The fourth-order valence-corrected chi connectivity index (χ4v) is 5.42. The number of hydrogen-bond donors (Lipinski definition) is 1. The average molecular weight is 463 g/mol. The van der Waals surface area contributed by atoms with E-state index in [0.717, 1.165) is 15.6 Å². The summed E-state index contributed by atoms with van der Waals surface area (Å²) in [5, 5.41) is 4.36. The van der Waals surface area contributed by atoms with Gasteiger partial charge in [0.25, 0.3) is 10.0 Å². The first-order chi connectivity index (χ1) is 14.9. The zero-order valence-electron chi connectivity index (χ0n) is 17.2. The van der Waals surface area contributed by atoms with E-state index in [9.17, 15) is 13.2 Å². The summed E-state index contributed by atoms with van der Waals surface area (Å²) in [6.45, 7) is -0.471. The molecule has 0 aliphatic rings. The van der Waals surface area contributed by atoms with Crippen LogP contribution in [0.25, 0.3) is 0 Å². The summed E-state index contributed by atoms with van der Waals surface area (Å²) in [4.78, 5) is 12.9. The Morgan fingerprint density at radius 2 is 1.71 bits per heavy atom. The van der Waals surface area contributed by atoms with Crippen molar-refractivity contribution in [1.29, 1.82) is 0 Å². The van der Waals surface area contributed by atoms with Crippen molar-refractivity contribution in [3.05, 3.63) is 60.0 Å². The zero-order chi connectivity index (χ0) is 22.4. The van der Waals surface area contributed by atoms with Gasteiger partial charge >= 0.3 is 0 Å². The highest BCUT2D eigenvalue weighted by Gasteiger charge is 2.30. The quantitative estimate of drug-likeness (QED) is 0.522. The highest BCUT2D eigenvalue weighted by molar-refractivity contribution is 7.94. The van der Waals surface area contributed by atoms with Crippen LogP contribution < -0.4 is 23.8 Å². The number of anilines is 2. The van der Waals surface area contributed by atoms with Gasteiger partial charge < -0.3 is 19.5 Å². The van der Waals surface area contributed by atoms with Gasteiger partial charge in [0.05, 0.1) is 32.7 Å². The molecule has 3 rings (SSSR count). The normalized spacial score (nSPS) is 10.9. The largest absolute Gasteiger partial charge is 0.497 e. The summed E-state index contributed by atoms with van der Waals surface area (Å²) >= 11 is 1.07. The van der Waals surface area contributed by atoms with E-state index in [4.69, 9.17) is 14.2 Å². The molecule has 0 spiro atoms. The Morgan fingerprint density at radius 1 is 0.968 bits per heavy atom. The average Bonchev–Trinajstić information content (AvgIpc) is 3.33. The number of benzene rings is 2. The molecular weight excluding hydrogens is 440 g/mol. The van der Waals surface area contributed by atoms with Gasteiger partial charge in [0.15, 0.2) is 0 Å². The van der Waals surface area contributed by atoms with Gasteiger partial charge in [-0.3, -0.25) is 9.10 Å². The lowest BCUT2D eigenvalue weighted by Gasteiger charge is -2.25. The molecule has 0 aliphatic heterocycles. The molecule has 0 radical (unpaired) electrons. The molecule has 1 heterocycles. The molecule has 8 nitrogen and oxygen atoms in total. The standard InChI is InChI=1S/C21H22N2O6S2/c1-27-15-10-11-18(28-2)16(13-15)22-20(24)14-23(17-7-4-5-8-19(17)29-3)31(25,26)21-9-6-12-30-21/h4-13H,14H2,1-3H3,(H,22,24). The van der Waals surface area contributed by atoms with Crippen LogP contribution >= 0.6 is 11.3 Å². The molecule has 31 heavy (non-hydrogen) atoms. The van der Waals surface area contributed by atoms with Crippen LogP contribution in [0.4, 0.5) is 11.4 Å². The van der Waals surface area contributed by atoms with Crippen molar-refractivity contribution >= 4 is 38.6 Å². The van der Waals surface area contributed by atoms with E-state index in [1.165, 1.54) is 27.4 Å². The van der Waals surface area contributed by atoms with Gasteiger partial charge in [-0.2, -0.15) is 0 Å². The number of sulfonamides is 1. The Hall–Kier alpha value is -3.24. The highest BCUT2D eigenvalue weighted by Crippen LogP contribution is 2.34. The number of carbonyl (C=O) groups is 1. The van der Waals surface area contributed by atoms with Crippen LogP contribution in [-0.2, 0) is 14.8 Å². The Balaban J connectivity index is 1.97. The first-order valence-electron chi connectivity index (χ1n) is 9.12. The molecule has 10 heteroatoms. The van der Waals surface area contributed by atoms with Crippen molar-refractivity contribution in [1.82, 2.24) is 0 Å². The van der Waals surface area contributed by atoms with E-state index < -0.39 is 22.5 Å². The summed E-state index contributed by atoms with van der Waals surface area (Å²) in [6, 6.07) is 14.7. The van der Waals surface area contributed by atoms with Crippen LogP contribution in [0.3, 0.4) is 0 Å². The number of carbonyl (C=O) groups excluding carboxylic acids is 1. The van der Waals surface area contributed by atoms with Gasteiger partial charge in [-0.25, -0.2) is 8.42 Å². The van der Waals surface area contributed by atoms with Crippen molar-refractivity contribution in [2.24, 2.45) is 0 Å². The maximum absolute atomic E-state index is 13.3. The Morgan fingerprint density at radius 3 is 2.35 bits per heavy atom.